The third-order valence-electron chi connectivity index (χ3n) is 12.0. The summed E-state index contributed by atoms with van der Waals surface area (Å²) in [5, 5.41) is 2.10. The summed E-state index contributed by atoms with van der Waals surface area (Å²) in [6.45, 7) is 4.69. The van der Waals surface area contributed by atoms with Gasteiger partial charge in [0.15, 0.2) is 5.82 Å². The van der Waals surface area contributed by atoms with Gasteiger partial charge in [-0.15, -0.1) is 0 Å². The molecule has 0 saturated carbocycles. The van der Waals surface area contributed by atoms with Crippen molar-refractivity contribution in [1.82, 2.24) is 14.5 Å². The summed E-state index contributed by atoms with van der Waals surface area (Å²) < 4.78 is 2.30. The first-order valence-electron chi connectivity index (χ1n) is 20.3. The van der Waals surface area contributed by atoms with Crippen LogP contribution in [0, 0.1) is 0 Å². The van der Waals surface area contributed by atoms with Crippen molar-refractivity contribution in [2.45, 2.75) is 19.3 Å². The van der Waals surface area contributed by atoms with Crippen LogP contribution in [-0.4, -0.2) is 14.5 Å². The minimum atomic E-state index is -0.143. The quantitative estimate of drug-likeness (QED) is 0.162. The summed E-state index contributed by atoms with van der Waals surface area (Å²) in [5.41, 5.74) is 16.6. The van der Waals surface area contributed by atoms with E-state index in [1.54, 1.807) is 0 Å². The van der Waals surface area contributed by atoms with Crippen molar-refractivity contribution >= 4 is 39.0 Å². The van der Waals surface area contributed by atoms with Crippen molar-refractivity contribution in [3.63, 3.8) is 0 Å². The molecule has 4 heteroatoms. The molecule has 0 fully saturated rings. The Labute approximate surface area is 344 Å². The summed E-state index contributed by atoms with van der Waals surface area (Å²) in [6.07, 6.45) is 0. The van der Waals surface area contributed by atoms with Gasteiger partial charge in [-0.05, 0) is 76.3 Å². The SMILES string of the molecule is CC1(C)c2ccccc2-c2c(N(c3ccc(-c4ccccc4)cc3)c3ccc4c(c3)c3c(-c5ccccc5)nc(-c5ccccc5)nc3n4-c3ccccc3)cccc21. The lowest BCUT2D eigenvalue weighted by molar-refractivity contribution is 0.660. The van der Waals surface area contributed by atoms with Crippen LogP contribution in [0.4, 0.5) is 17.1 Å². The van der Waals surface area contributed by atoms with Crippen LogP contribution in [0.25, 0.3) is 72.5 Å². The van der Waals surface area contributed by atoms with Crippen molar-refractivity contribution in [1.29, 1.82) is 0 Å². The minimum Gasteiger partial charge on any atom is -0.310 e. The van der Waals surface area contributed by atoms with E-state index in [0.717, 1.165) is 61.5 Å². The maximum atomic E-state index is 5.40. The van der Waals surface area contributed by atoms with E-state index in [1.807, 2.05) is 18.2 Å². The first-order chi connectivity index (χ1) is 29.0. The number of hydrogen-bond donors (Lipinski definition) is 0. The van der Waals surface area contributed by atoms with E-state index in [0.29, 0.717) is 5.82 Å². The summed E-state index contributed by atoms with van der Waals surface area (Å²) in [7, 11) is 0. The summed E-state index contributed by atoms with van der Waals surface area (Å²) in [4.78, 5) is 13.2. The molecule has 1 aliphatic carbocycles. The van der Waals surface area contributed by atoms with E-state index in [2.05, 4.69) is 211 Å². The van der Waals surface area contributed by atoms with E-state index in [4.69, 9.17) is 9.97 Å². The molecule has 0 atom stereocenters. The standard InChI is InChI=1S/C55H40N4/c1-55(2)46-27-16-15-26-44(46)50-47(55)28-17-29-49(50)58(42-32-30-38(31-33-42)37-18-7-3-8-19-37)43-34-35-48-45(36-43)51-52(39-20-9-4-10-21-39)56-53(40-22-11-5-12-23-40)57-54(51)59(48)41-24-13-6-14-25-41/h3-36H,1-2H3. The molecule has 8 aromatic carbocycles. The summed E-state index contributed by atoms with van der Waals surface area (Å²) in [5.74, 6) is 0.693. The van der Waals surface area contributed by atoms with Gasteiger partial charge in [0.25, 0.3) is 0 Å². The molecule has 59 heavy (non-hydrogen) atoms. The van der Waals surface area contributed by atoms with Gasteiger partial charge in [0, 0.05) is 44.6 Å². The highest BCUT2D eigenvalue weighted by molar-refractivity contribution is 6.15. The Bertz CT molecular complexity index is 3150. The lowest BCUT2D eigenvalue weighted by Gasteiger charge is -2.29. The van der Waals surface area contributed by atoms with Gasteiger partial charge in [-0.1, -0.05) is 172 Å². The second-order valence-electron chi connectivity index (χ2n) is 15.8. The van der Waals surface area contributed by atoms with Crippen LogP contribution in [0.2, 0.25) is 0 Å². The largest absolute Gasteiger partial charge is 0.310 e. The maximum absolute atomic E-state index is 5.40. The van der Waals surface area contributed by atoms with Gasteiger partial charge < -0.3 is 4.90 Å². The van der Waals surface area contributed by atoms with Gasteiger partial charge >= 0.3 is 0 Å². The highest BCUT2D eigenvalue weighted by Crippen LogP contribution is 2.54. The summed E-state index contributed by atoms with van der Waals surface area (Å²) >= 11 is 0. The molecule has 1 aliphatic rings. The molecule has 10 aromatic rings. The lowest BCUT2D eigenvalue weighted by Crippen LogP contribution is -2.16. The highest BCUT2D eigenvalue weighted by Gasteiger charge is 2.38. The number of nitrogens with zero attached hydrogens (tertiary/aromatic N) is 4. The zero-order valence-electron chi connectivity index (χ0n) is 32.9. The fourth-order valence-corrected chi connectivity index (χ4v) is 9.17. The van der Waals surface area contributed by atoms with Gasteiger partial charge in [-0.2, -0.15) is 0 Å². The zero-order valence-corrected chi connectivity index (χ0v) is 32.9. The van der Waals surface area contributed by atoms with Gasteiger partial charge in [0.1, 0.15) is 5.65 Å². The molecular weight excluding hydrogens is 717 g/mol. The van der Waals surface area contributed by atoms with Crippen LogP contribution in [0.1, 0.15) is 25.0 Å². The predicted molar refractivity (Wildman–Crippen MR) is 245 cm³/mol. The van der Waals surface area contributed by atoms with Crippen molar-refractivity contribution in [2.24, 2.45) is 0 Å². The van der Waals surface area contributed by atoms with E-state index in [9.17, 15) is 0 Å². The maximum Gasteiger partial charge on any atom is 0.162 e. The van der Waals surface area contributed by atoms with Gasteiger partial charge in [-0.3, -0.25) is 4.57 Å². The fourth-order valence-electron chi connectivity index (χ4n) is 9.17. The number of aromatic nitrogens is 3. The summed E-state index contributed by atoms with van der Waals surface area (Å²) in [6, 6.07) is 73.6. The Morgan fingerprint density at radius 1 is 0.475 bits per heavy atom. The smallest absolute Gasteiger partial charge is 0.162 e. The molecule has 11 rings (SSSR count). The van der Waals surface area contributed by atoms with Gasteiger partial charge in [0.2, 0.25) is 0 Å². The molecule has 2 heterocycles. The second-order valence-corrected chi connectivity index (χ2v) is 15.8. The van der Waals surface area contributed by atoms with Crippen LogP contribution in [0.5, 0.6) is 0 Å². The van der Waals surface area contributed by atoms with E-state index < -0.39 is 0 Å². The normalized spacial score (nSPS) is 12.7. The van der Waals surface area contributed by atoms with Crippen molar-refractivity contribution in [2.75, 3.05) is 4.90 Å². The highest BCUT2D eigenvalue weighted by atomic mass is 15.1. The number of rotatable bonds is 7. The van der Waals surface area contributed by atoms with Crippen molar-refractivity contribution in [3.8, 4) is 50.6 Å². The van der Waals surface area contributed by atoms with Crippen LogP contribution in [0.15, 0.2) is 206 Å². The monoisotopic (exact) mass is 756 g/mol. The third-order valence-corrected chi connectivity index (χ3v) is 12.0. The number of hydrogen-bond acceptors (Lipinski definition) is 3. The lowest BCUT2D eigenvalue weighted by atomic mass is 9.82. The van der Waals surface area contributed by atoms with Gasteiger partial charge in [0.05, 0.1) is 22.3 Å². The van der Waals surface area contributed by atoms with Gasteiger partial charge in [-0.25, -0.2) is 9.97 Å². The average Bonchev–Trinajstić information content (AvgIpc) is 3.76. The fraction of sp³-hybridized carbons (Fsp3) is 0.0545. The Balaban J connectivity index is 1.21. The Kier molecular flexibility index (Phi) is 8.12. The number of para-hydroxylation sites is 1. The third kappa shape index (κ3) is 5.67. The Morgan fingerprint density at radius 2 is 1.05 bits per heavy atom. The molecule has 0 bridgehead atoms. The average molecular weight is 757 g/mol. The molecule has 0 saturated heterocycles. The van der Waals surface area contributed by atoms with Crippen molar-refractivity contribution in [3.05, 3.63) is 217 Å². The van der Waals surface area contributed by atoms with Crippen LogP contribution < -0.4 is 4.90 Å². The number of anilines is 3. The zero-order chi connectivity index (χ0) is 39.5. The van der Waals surface area contributed by atoms with E-state index in [1.165, 1.54) is 33.4 Å². The predicted octanol–water partition coefficient (Wildman–Crippen LogP) is 14.4. The van der Waals surface area contributed by atoms with E-state index >= 15 is 0 Å². The first kappa shape index (κ1) is 34.7. The molecular formula is C55H40N4. The topological polar surface area (TPSA) is 34.0 Å². The van der Waals surface area contributed by atoms with Crippen molar-refractivity contribution < 1.29 is 0 Å². The number of fused-ring (bicyclic) bond motifs is 6. The second kappa shape index (κ2) is 13.8. The molecule has 0 spiro atoms. The van der Waals surface area contributed by atoms with Crippen LogP contribution >= 0.6 is 0 Å². The van der Waals surface area contributed by atoms with Crippen LogP contribution in [-0.2, 0) is 5.41 Å². The first-order valence-corrected chi connectivity index (χ1v) is 20.3. The number of benzene rings is 8. The molecule has 0 aliphatic heterocycles. The molecule has 0 amide bonds. The molecule has 0 N–H and O–H groups in total. The molecule has 0 radical (unpaired) electrons. The molecule has 4 nitrogen and oxygen atoms in total. The van der Waals surface area contributed by atoms with E-state index in [-0.39, 0.29) is 5.41 Å². The molecule has 280 valence electrons. The van der Waals surface area contributed by atoms with Crippen LogP contribution in [0.3, 0.4) is 0 Å². The molecule has 2 aromatic heterocycles. The Hall–Kier alpha value is -7.56. The Morgan fingerprint density at radius 3 is 1.76 bits per heavy atom. The molecule has 0 unspecified atom stereocenters. The minimum absolute atomic E-state index is 0.143.